The van der Waals surface area contributed by atoms with Crippen LogP contribution in [0.15, 0.2) is 46.9 Å². The van der Waals surface area contributed by atoms with Crippen LogP contribution in [0.4, 0.5) is 4.39 Å². The normalized spacial score (nSPS) is 18.9. The molecule has 0 saturated carbocycles. The average molecular weight is 334 g/mol. The lowest BCUT2D eigenvalue weighted by molar-refractivity contribution is 0.510. The second kappa shape index (κ2) is 5.66. The Morgan fingerprint density at radius 1 is 1.25 bits per heavy atom. The number of fused-ring (bicyclic) bond motifs is 1. The van der Waals surface area contributed by atoms with Crippen molar-refractivity contribution >= 4 is 15.9 Å². The predicted octanol–water partition coefficient (Wildman–Crippen LogP) is 4.19. The second-order valence-corrected chi connectivity index (χ2v) is 6.36. The number of benzene rings is 2. The highest BCUT2D eigenvalue weighted by molar-refractivity contribution is 9.10. The van der Waals surface area contributed by atoms with Gasteiger partial charge in [0.1, 0.15) is 5.82 Å². The summed E-state index contributed by atoms with van der Waals surface area (Å²) in [6, 6.07) is 13.5. The van der Waals surface area contributed by atoms with E-state index in [4.69, 9.17) is 5.73 Å². The predicted molar refractivity (Wildman–Crippen MR) is 83.3 cm³/mol. The van der Waals surface area contributed by atoms with Crippen LogP contribution in [-0.2, 0) is 12.8 Å². The fourth-order valence-corrected chi connectivity index (χ4v) is 3.54. The molecule has 3 heteroatoms. The Morgan fingerprint density at radius 3 is 2.90 bits per heavy atom. The van der Waals surface area contributed by atoms with Gasteiger partial charge >= 0.3 is 0 Å². The zero-order valence-electron chi connectivity index (χ0n) is 11.2. The van der Waals surface area contributed by atoms with E-state index in [2.05, 4.69) is 40.2 Å². The minimum Gasteiger partial charge on any atom is -0.327 e. The Kier molecular flexibility index (Phi) is 3.90. The fourth-order valence-electron chi connectivity index (χ4n) is 3.13. The standard InChI is InChI=1S/C17H17BrFN/c18-13-6-8-16(19)12(9-13)10-17(20)15-7-5-11-3-1-2-4-14(11)15/h1-4,6,8-9,15,17H,5,7,10,20H2. The van der Waals surface area contributed by atoms with Crippen LogP contribution in [-0.4, -0.2) is 6.04 Å². The highest BCUT2D eigenvalue weighted by Gasteiger charge is 2.27. The van der Waals surface area contributed by atoms with Crippen LogP contribution in [0.2, 0.25) is 0 Å². The first kappa shape index (κ1) is 13.8. The summed E-state index contributed by atoms with van der Waals surface area (Å²) in [4.78, 5) is 0. The van der Waals surface area contributed by atoms with E-state index in [-0.39, 0.29) is 11.9 Å². The monoisotopic (exact) mass is 333 g/mol. The molecular weight excluding hydrogens is 317 g/mol. The molecule has 0 aliphatic heterocycles. The third-order valence-electron chi connectivity index (χ3n) is 4.16. The van der Waals surface area contributed by atoms with Crippen molar-refractivity contribution in [1.82, 2.24) is 0 Å². The molecule has 0 amide bonds. The van der Waals surface area contributed by atoms with Gasteiger partial charge in [-0.05, 0) is 60.1 Å². The first-order valence-electron chi connectivity index (χ1n) is 6.92. The van der Waals surface area contributed by atoms with Gasteiger partial charge < -0.3 is 5.73 Å². The second-order valence-electron chi connectivity index (χ2n) is 5.45. The van der Waals surface area contributed by atoms with Crippen molar-refractivity contribution in [2.45, 2.75) is 31.2 Å². The van der Waals surface area contributed by atoms with Gasteiger partial charge in [-0.15, -0.1) is 0 Å². The Hall–Kier alpha value is -1.19. The average Bonchev–Trinajstić information content (AvgIpc) is 2.87. The highest BCUT2D eigenvalue weighted by Crippen LogP contribution is 2.35. The van der Waals surface area contributed by atoms with E-state index >= 15 is 0 Å². The molecule has 0 radical (unpaired) electrons. The molecule has 0 aromatic heterocycles. The van der Waals surface area contributed by atoms with Gasteiger partial charge in [0, 0.05) is 10.5 Å². The summed E-state index contributed by atoms with van der Waals surface area (Å²) in [6.45, 7) is 0. The molecule has 2 unspecified atom stereocenters. The molecule has 1 aliphatic carbocycles. The van der Waals surface area contributed by atoms with Gasteiger partial charge in [-0.25, -0.2) is 4.39 Å². The Bertz CT molecular complexity index is 626. The third-order valence-corrected chi connectivity index (χ3v) is 4.65. The number of aryl methyl sites for hydroxylation is 1. The summed E-state index contributed by atoms with van der Waals surface area (Å²) in [5.74, 6) is 0.166. The molecule has 20 heavy (non-hydrogen) atoms. The van der Waals surface area contributed by atoms with Crippen LogP contribution in [0.25, 0.3) is 0 Å². The van der Waals surface area contributed by atoms with Crippen LogP contribution in [0.5, 0.6) is 0 Å². The van der Waals surface area contributed by atoms with E-state index in [0.717, 1.165) is 17.3 Å². The lowest BCUT2D eigenvalue weighted by Gasteiger charge is -2.21. The van der Waals surface area contributed by atoms with Gasteiger partial charge in [0.2, 0.25) is 0 Å². The highest BCUT2D eigenvalue weighted by atomic mass is 79.9. The summed E-state index contributed by atoms with van der Waals surface area (Å²) < 4.78 is 14.7. The van der Waals surface area contributed by atoms with Gasteiger partial charge in [-0.3, -0.25) is 0 Å². The maximum Gasteiger partial charge on any atom is 0.126 e. The Balaban J connectivity index is 1.81. The number of rotatable bonds is 3. The molecule has 0 heterocycles. The lowest BCUT2D eigenvalue weighted by atomic mass is 9.89. The molecule has 0 saturated heterocycles. The summed E-state index contributed by atoms with van der Waals surface area (Å²) in [7, 11) is 0. The number of hydrogen-bond donors (Lipinski definition) is 1. The van der Waals surface area contributed by atoms with Crippen molar-refractivity contribution < 1.29 is 4.39 Å². The Morgan fingerprint density at radius 2 is 2.05 bits per heavy atom. The molecule has 3 rings (SSSR count). The number of halogens is 2. The molecule has 0 spiro atoms. The maximum absolute atomic E-state index is 13.8. The topological polar surface area (TPSA) is 26.0 Å². The molecule has 2 atom stereocenters. The van der Waals surface area contributed by atoms with Gasteiger partial charge in [0.15, 0.2) is 0 Å². The first-order chi connectivity index (χ1) is 9.65. The SMILES string of the molecule is NC(Cc1cc(Br)ccc1F)C1CCc2ccccc21. The van der Waals surface area contributed by atoms with Gasteiger partial charge in [0.05, 0.1) is 0 Å². The molecule has 0 fully saturated rings. The summed E-state index contributed by atoms with van der Waals surface area (Å²) in [5, 5.41) is 0. The van der Waals surface area contributed by atoms with Crippen LogP contribution >= 0.6 is 15.9 Å². The molecule has 0 bridgehead atoms. The van der Waals surface area contributed by atoms with E-state index in [1.807, 2.05) is 6.07 Å². The Labute approximate surface area is 127 Å². The van der Waals surface area contributed by atoms with E-state index in [9.17, 15) is 4.39 Å². The first-order valence-corrected chi connectivity index (χ1v) is 7.72. The van der Waals surface area contributed by atoms with E-state index in [1.54, 1.807) is 6.07 Å². The van der Waals surface area contributed by atoms with Gasteiger partial charge in [0.25, 0.3) is 0 Å². The van der Waals surface area contributed by atoms with Crippen molar-refractivity contribution in [2.24, 2.45) is 5.73 Å². The van der Waals surface area contributed by atoms with Crippen molar-refractivity contribution in [3.05, 3.63) is 69.4 Å². The molecule has 2 N–H and O–H groups in total. The maximum atomic E-state index is 13.8. The van der Waals surface area contributed by atoms with Crippen LogP contribution in [0, 0.1) is 5.82 Å². The summed E-state index contributed by atoms with van der Waals surface area (Å²) >= 11 is 3.39. The van der Waals surface area contributed by atoms with Crippen LogP contribution in [0.3, 0.4) is 0 Å². The summed E-state index contributed by atoms with van der Waals surface area (Å²) in [5.41, 5.74) is 9.79. The minimum absolute atomic E-state index is 0.0394. The molecule has 104 valence electrons. The third kappa shape index (κ3) is 2.65. The van der Waals surface area contributed by atoms with Gasteiger partial charge in [-0.1, -0.05) is 40.2 Å². The number of hydrogen-bond acceptors (Lipinski definition) is 1. The fraction of sp³-hybridized carbons (Fsp3) is 0.294. The summed E-state index contributed by atoms with van der Waals surface area (Å²) in [6.07, 6.45) is 2.72. The van der Waals surface area contributed by atoms with Crippen LogP contribution < -0.4 is 5.73 Å². The zero-order valence-corrected chi connectivity index (χ0v) is 12.7. The van der Waals surface area contributed by atoms with Crippen molar-refractivity contribution in [2.75, 3.05) is 0 Å². The molecule has 2 aromatic rings. The molecule has 1 aliphatic rings. The van der Waals surface area contributed by atoms with Crippen molar-refractivity contribution in [3.8, 4) is 0 Å². The number of nitrogens with two attached hydrogens (primary N) is 1. The zero-order chi connectivity index (χ0) is 14.1. The van der Waals surface area contributed by atoms with Gasteiger partial charge in [-0.2, -0.15) is 0 Å². The van der Waals surface area contributed by atoms with Crippen LogP contribution in [0.1, 0.15) is 29.0 Å². The largest absolute Gasteiger partial charge is 0.327 e. The minimum atomic E-state index is -0.171. The lowest BCUT2D eigenvalue weighted by Crippen LogP contribution is -2.30. The van der Waals surface area contributed by atoms with E-state index in [1.165, 1.54) is 17.2 Å². The van der Waals surface area contributed by atoms with E-state index < -0.39 is 0 Å². The van der Waals surface area contributed by atoms with Crippen molar-refractivity contribution in [1.29, 1.82) is 0 Å². The molecule has 1 nitrogen and oxygen atoms in total. The smallest absolute Gasteiger partial charge is 0.126 e. The quantitative estimate of drug-likeness (QED) is 0.895. The molecule has 2 aromatic carbocycles. The van der Waals surface area contributed by atoms with E-state index in [0.29, 0.717) is 17.9 Å². The molecular formula is C17H17BrFN. The van der Waals surface area contributed by atoms with Crippen molar-refractivity contribution in [3.63, 3.8) is 0 Å².